The van der Waals surface area contributed by atoms with Crippen molar-refractivity contribution < 1.29 is 9.13 Å². The second-order valence-electron chi connectivity index (χ2n) is 6.32. The van der Waals surface area contributed by atoms with Gasteiger partial charge in [-0.2, -0.15) is 0 Å². The van der Waals surface area contributed by atoms with Gasteiger partial charge < -0.3 is 4.74 Å². The van der Waals surface area contributed by atoms with E-state index in [1.54, 1.807) is 0 Å². The lowest BCUT2D eigenvalue weighted by Gasteiger charge is -2.61. The molecule has 4 fully saturated rings. The number of rotatable bonds is 4. The van der Waals surface area contributed by atoms with Gasteiger partial charge in [0.25, 0.3) is 0 Å². The molecule has 0 saturated heterocycles. The lowest BCUT2D eigenvalue weighted by Crippen LogP contribution is -2.57. The molecule has 0 radical (unpaired) electrons. The minimum Gasteiger partial charge on any atom is -0.372 e. The molecule has 0 spiro atoms. The monoisotopic (exact) mass is 290 g/mol. The fraction of sp³-hybridized carbons (Fsp3) is 1.00. The van der Waals surface area contributed by atoms with Crippen LogP contribution in [0.2, 0.25) is 0 Å². The minimum absolute atomic E-state index is 0.0456. The van der Waals surface area contributed by atoms with Gasteiger partial charge in [0.2, 0.25) is 0 Å². The molecular formula is C13H20BrFO. The summed E-state index contributed by atoms with van der Waals surface area (Å²) in [5, 5.41) is 1.10. The molecule has 1 nitrogen and oxygen atoms in total. The largest absolute Gasteiger partial charge is 0.372 e. The summed E-state index contributed by atoms with van der Waals surface area (Å²) < 4.78 is 18.2. The molecule has 2 unspecified atom stereocenters. The first-order valence-corrected chi connectivity index (χ1v) is 7.57. The van der Waals surface area contributed by atoms with Gasteiger partial charge in [-0.15, -0.1) is 0 Å². The SMILES string of the molecule is FCCOC12CC3CC(CC(CBr)(C3)C1)C2. The summed E-state index contributed by atoms with van der Waals surface area (Å²) in [6, 6.07) is 0. The third-order valence-corrected chi connectivity index (χ3v) is 6.09. The number of ether oxygens (including phenoxy) is 1. The van der Waals surface area contributed by atoms with Gasteiger partial charge in [0.05, 0.1) is 12.2 Å². The van der Waals surface area contributed by atoms with E-state index in [-0.39, 0.29) is 12.3 Å². The van der Waals surface area contributed by atoms with Crippen molar-refractivity contribution in [2.45, 2.75) is 44.1 Å². The van der Waals surface area contributed by atoms with Crippen molar-refractivity contribution in [3.63, 3.8) is 0 Å². The van der Waals surface area contributed by atoms with Crippen LogP contribution in [0.5, 0.6) is 0 Å². The zero-order chi connectivity index (χ0) is 11.2. The van der Waals surface area contributed by atoms with E-state index in [0.717, 1.165) is 23.6 Å². The summed E-state index contributed by atoms with van der Waals surface area (Å²) in [6.45, 7) is -0.0315. The zero-order valence-corrected chi connectivity index (χ0v) is 11.3. The molecule has 4 rings (SSSR count). The van der Waals surface area contributed by atoms with E-state index in [4.69, 9.17) is 4.74 Å². The Kier molecular flexibility index (Phi) is 2.82. The molecule has 4 aliphatic rings. The predicted molar refractivity (Wildman–Crippen MR) is 65.6 cm³/mol. The first kappa shape index (κ1) is 11.5. The van der Waals surface area contributed by atoms with Crippen LogP contribution in [0.25, 0.3) is 0 Å². The Balaban J connectivity index is 1.81. The van der Waals surface area contributed by atoms with Crippen molar-refractivity contribution in [1.82, 2.24) is 0 Å². The Labute approximate surface area is 105 Å². The fourth-order valence-corrected chi connectivity index (χ4v) is 5.60. The maximum Gasteiger partial charge on any atom is 0.113 e. The van der Waals surface area contributed by atoms with E-state index in [0.29, 0.717) is 12.0 Å². The highest BCUT2D eigenvalue weighted by Crippen LogP contribution is 2.63. The average Bonchev–Trinajstić information content (AvgIpc) is 2.25. The molecule has 4 saturated carbocycles. The van der Waals surface area contributed by atoms with Crippen molar-refractivity contribution >= 4 is 15.9 Å². The molecule has 0 amide bonds. The summed E-state index contributed by atoms with van der Waals surface area (Å²) in [7, 11) is 0. The lowest BCUT2D eigenvalue weighted by atomic mass is 9.48. The molecule has 0 N–H and O–H groups in total. The molecule has 0 heterocycles. The summed E-state index contributed by atoms with van der Waals surface area (Å²) >= 11 is 3.70. The Bertz CT molecular complexity index is 267. The number of alkyl halides is 2. The summed E-state index contributed by atoms with van der Waals surface area (Å²) in [6.07, 6.45) is 7.69. The van der Waals surface area contributed by atoms with Gasteiger partial charge in [0.1, 0.15) is 6.67 Å². The van der Waals surface area contributed by atoms with Crippen LogP contribution in [-0.2, 0) is 4.74 Å². The van der Waals surface area contributed by atoms with E-state index in [9.17, 15) is 4.39 Å². The van der Waals surface area contributed by atoms with Gasteiger partial charge in [-0.3, -0.25) is 0 Å². The minimum atomic E-state index is -0.335. The van der Waals surface area contributed by atoms with E-state index in [1.807, 2.05) is 0 Å². The van der Waals surface area contributed by atoms with Gasteiger partial charge in [-0.05, 0) is 55.8 Å². The third-order valence-electron chi connectivity index (χ3n) is 4.90. The molecule has 0 aromatic rings. The lowest BCUT2D eigenvalue weighted by molar-refractivity contribution is -0.187. The van der Waals surface area contributed by atoms with Crippen LogP contribution in [0.1, 0.15) is 38.5 Å². The maximum absolute atomic E-state index is 12.3. The van der Waals surface area contributed by atoms with Gasteiger partial charge in [-0.25, -0.2) is 4.39 Å². The molecule has 4 aliphatic carbocycles. The van der Waals surface area contributed by atoms with Crippen molar-refractivity contribution in [3.05, 3.63) is 0 Å². The van der Waals surface area contributed by atoms with Crippen molar-refractivity contribution in [2.75, 3.05) is 18.6 Å². The van der Waals surface area contributed by atoms with Crippen LogP contribution in [0.15, 0.2) is 0 Å². The van der Waals surface area contributed by atoms with Crippen LogP contribution >= 0.6 is 15.9 Å². The number of hydrogen-bond acceptors (Lipinski definition) is 1. The van der Waals surface area contributed by atoms with E-state index in [2.05, 4.69) is 15.9 Å². The van der Waals surface area contributed by atoms with Crippen LogP contribution in [-0.4, -0.2) is 24.2 Å². The molecule has 4 bridgehead atoms. The molecule has 2 atom stereocenters. The smallest absolute Gasteiger partial charge is 0.113 e. The van der Waals surface area contributed by atoms with Crippen molar-refractivity contribution in [3.8, 4) is 0 Å². The standard InChI is InChI=1S/C13H20BrFO/c14-9-12-4-10-3-11(5-12)7-13(6-10,8-12)16-2-1-15/h10-11H,1-9H2. The van der Waals surface area contributed by atoms with Gasteiger partial charge in [0.15, 0.2) is 0 Å². The quantitative estimate of drug-likeness (QED) is 0.718. The summed E-state index contributed by atoms with van der Waals surface area (Å²) in [5.41, 5.74) is 0.518. The van der Waals surface area contributed by atoms with E-state index < -0.39 is 0 Å². The Hall–Kier alpha value is 0.370. The molecule has 0 aromatic heterocycles. The second kappa shape index (κ2) is 3.94. The normalized spacial score (nSPS) is 49.9. The first-order valence-electron chi connectivity index (χ1n) is 6.45. The molecule has 0 aromatic carbocycles. The first-order chi connectivity index (χ1) is 7.69. The van der Waals surface area contributed by atoms with Gasteiger partial charge >= 0.3 is 0 Å². The van der Waals surface area contributed by atoms with E-state index in [1.165, 1.54) is 32.1 Å². The molecule has 92 valence electrons. The van der Waals surface area contributed by atoms with Gasteiger partial charge in [0, 0.05) is 5.33 Å². The second-order valence-corrected chi connectivity index (χ2v) is 6.88. The van der Waals surface area contributed by atoms with Crippen LogP contribution in [0.4, 0.5) is 4.39 Å². The van der Waals surface area contributed by atoms with Gasteiger partial charge in [-0.1, -0.05) is 15.9 Å². The summed E-state index contributed by atoms with van der Waals surface area (Å²) in [5.74, 6) is 1.69. The highest BCUT2D eigenvalue weighted by molar-refractivity contribution is 9.09. The number of halogens is 2. The highest BCUT2D eigenvalue weighted by Gasteiger charge is 2.57. The Morgan fingerprint density at radius 1 is 1.19 bits per heavy atom. The Morgan fingerprint density at radius 2 is 1.88 bits per heavy atom. The fourth-order valence-electron chi connectivity index (χ4n) is 4.95. The Morgan fingerprint density at radius 3 is 2.44 bits per heavy atom. The molecule has 0 aliphatic heterocycles. The average molecular weight is 291 g/mol. The molecule has 16 heavy (non-hydrogen) atoms. The maximum atomic E-state index is 12.3. The summed E-state index contributed by atoms with van der Waals surface area (Å²) in [4.78, 5) is 0. The van der Waals surface area contributed by atoms with Crippen LogP contribution < -0.4 is 0 Å². The molecule has 3 heteroatoms. The van der Waals surface area contributed by atoms with Crippen LogP contribution in [0.3, 0.4) is 0 Å². The number of hydrogen-bond donors (Lipinski definition) is 0. The zero-order valence-electron chi connectivity index (χ0n) is 9.68. The van der Waals surface area contributed by atoms with E-state index >= 15 is 0 Å². The third kappa shape index (κ3) is 1.74. The van der Waals surface area contributed by atoms with Crippen molar-refractivity contribution in [2.24, 2.45) is 17.3 Å². The van der Waals surface area contributed by atoms with Crippen LogP contribution in [0, 0.1) is 17.3 Å². The highest BCUT2D eigenvalue weighted by atomic mass is 79.9. The van der Waals surface area contributed by atoms with Crippen molar-refractivity contribution in [1.29, 1.82) is 0 Å². The molecular weight excluding hydrogens is 271 g/mol. The predicted octanol–water partition coefficient (Wildman–Crippen LogP) is 3.71. The topological polar surface area (TPSA) is 9.23 Å².